The van der Waals surface area contributed by atoms with Gasteiger partial charge in [-0.3, -0.25) is 4.55 Å². The molecule has 0 aliphatic rings. The van der Waals surface area contributed by atoms with E-state index in [4.69, 9.17) is 9.81 Å². The number of hydrogen-bond acceptors (Lipinski definition) is 3. The topological polar surface area (TPSA) is 70.3 Å². The maximum Gasteiger partial charge on any atom is 0.357 e. The van der Waals surface area contributed by atoms with Crippen LogP contribution in [0.4, 0.5) is 0 Å². The molecule has 0 bridgehead atoms. The monoisotopic (exact) mass is 183 g/mol. The Hall–Kier alpha value is -1.38. The van der Waals surface area contributed by atoms with Crippen molar-refractivity contribution in [2.75, 3.05) is 0 Å². The van der Waals surface area contributed by atoms with Gasteiger partial charge in [0.1, 0.15) is 5.75 Å². The fraction of sp³-hybridized carbons (Fsp3) is 0. The van der Waals surface area contributed by atoms with Crippen molar-refractivity contribution in [2.45, 2.75) is 0 Å². The number of nitrogens with zero attached hydrogens (tertiary/aromatic N) is 1. The van der Waals surface area contributed by atoms with Crippen molar-refractivity contribution in [1.29, 1.82) is 5.26 Å². The van der Waals surface area contributed by atoms with Crippen LogP contribution in [0.2, 0.25) is 0 Å². The van der Waals surface area contributed by atoms with Gasteiger partial charge in [-0.15, -0.1) is 0 Å². The Bertz CT molecular complexity index is 345. The lowest BCUT2D eigenvalue weighted by molar-refractivity contribution is 0.458. The molecule has 0 radical (unpaired) electrons. The summed E-state index contributed by atoms with van der Waals surface area (Å²) in [5.74, 6) is 0.204. The predicted molar refractivity (Wildman–Crippen MR) is 42.6 cm³/mol. The molecule has 0 aromatic heterocycles. The number of benzene rings is 1. The summed E-state index contributed by atoms with van der Waals surface area (Å²) < 4.78 is 22.9. The van der Waals surface area contributed by atoms with E-state index in [0.29, 0.717) is 5.56 Å². The molecule has 0 aliphatic heterocycles. The van der Waals surface area contributed by atoms with Crippen molar-refractivity contribution in [1.82, 2.24) is 0 Å². The van der Waals surface area contributed by atoms with Gasteiger partial charge < -0.3 is 4.18 Å². The fourth-order valence-corrected chi connectivity index (χ4v) is 0.968. The zero-order valence-electron chi connectivity index (χ0n) is 5.93. The van der Waals surface area contributed by atoms with Crippen LogP contribution in [0, 0.1) is 11.3 Å². The van der Waals surface area contributed by atoms with Crippen LogP contribution in [-0.4, -0.2) is 8.76 Å². The van der Waals surface area contributed by atoms with E-state index in [1.165, 1.54) is 12.1 Å². The Kier molecular flexibility index (Phi) is 2.80. The van der Waals surface area contributed by atoms with E-state index in [-0.39, 0.29) is 5.75 Å². The molecule has 0 heterocycles. The highest BCUT2D eigenvalue weighted by Crippen LogP contribution is 2.12. The zero-order chi connectivity index (χ0) is 8.97. The highest BCUT2D eigenvalue weighted by molar-refractivity contribution is 7.74. The third-order valence-electron chi connectivity index (χ3n) is 1.13. The Morgan fingerprint density at radius 1 is 1.58 bits per heavy atom. The molecule has 0 saturated heterocycles. The quantitative estimate of drug-likeness (QED) is 0.696. The Labute approximate surface area is 71.9 Å². The van der Waals surface area contributed by atoms with E-state index >= 15 is 0 Å². The maximum absolute atomic E-state index is 10.2. The lowest BCUT2D eigenvalue weighted by Crippen LogP contribution is -1.97. The number of rotatable bonds is 2. The Balaban J connectivity index is 2.88. The summed E-state index contributed by atoms with van der Waals surface area (Å²) in [5, 5.41) is 8.45. The van der Waals surface area contributed by atoms with Crippen LogP contribution in [0.15, 0.2) is 24.3 Å². The second kappa shape index (κ2) is 3.85. The van der Waals surface area contributed by atoms with E-state index in [1.54, 1.807) is 12.1 Å². The zero-order valence-corrected chi connectivity index (χ0v) is 6.75. The average Bonchev–Trinajstić information content (AvgIpc) is 2.03. The Morgan fingerprint density at radius 3 is 2.92 bits per heavy atom. The van der Waals surface area contributed by atoms with Gasteiger partial charge in [-0.2, -0.15) is 9.47 Å². The third-order valence-corrected chi connectivity index (χ3v) is 1.47. The molecule has 1 unspecified atom stereocenters. The van der Waals surface area contributed by atoms with E-state index in [1.807, 2.05) is 6.07 Å². The summed E-state index contributed by atoms with van der Waals surface area (Å²) in [5.41, 5.74) is 0.387. The SMILES string of the molecule is N#Cc1cccc(OS(=O)O)c1. The smallest absolute Gasteiger partial charge is 0.357 e. The van der Waals surface area contributed by atoms with E-state index in [9.17, 15) is 4.21 Å². The minimum atomic E-state index is -2.34. The molecule has 0 amide bonds. The largest absolute Gasteiger partial charge is 0.380 e. The van der Waals surface area contributed by atoms with E-state index in [2.05, 4.69) is 4.18 Å². The highest BCUT2D eigenvalue weighted by atomic mass is 32.2. The minimum Gasteiger partial charge on any atom is -0.380 e. The first-order chi connectivity index (χ1) is 5.72. The van der Waals surface area contributed by atoms with Gasteiger partial charge in [-0.1, -0.05) is 6.07 Å². The molecule has 0 saturated carbocycles. The van der Waals surface area contributed by atoms with Gasteiger partial charge in [0.15, 0.2) is 0 Å². The van der Waals surface area contributed by atoms with Crippen molar-refractivity contribution in [2.24, 2.45) is 0 Å². The molecule has 1 N–H and O–H groups in total. The van der Waals surface area contributed by atoms with Crippen molar-refractivity contribution in [3.63, 3.8) is 0 Å². The normalized spacial score (nSPS) is 11.7. The maximum atomic E-state index is 10.2. The first-order valence-electron chi connectivity index (χ1n) is 3.02. The van der Waals surface area contributed by atoms with Crippen LogP contribution >= 0.6 is 0 Å². The van der Waals surface area contributed by atoms with E-state index in [0.717, 1.165) is 0 Å². The van der Waals surface area contributed by atoms with Gasteiger partial charge in [0.25, 0.3) is 0 Å². The van der Waals surface area contributed by atoms with Crippen LogP contribution in [0.25, 0.3) is 0 Å². The van der Waals surface area contributed by atoms with Gasteiger partial charge >= 0.3 is 11.4 Å². The number of nitriles is 1. The summed E-state index contributed by atoms with van der Waals surface area (Å²) >= 11 is -2.34. The van der Waals surface area contributed by atoms with Crippen molar-refractivity contribution in [3.8, 4) is 11.8 Å². The molecule has 5 heteroatoms. The van der Waals surface area contributed by atoms with Crippen molar-refractivity contribution in [3.05, 3.63) is 29.8 Å². The molecular formula is C7H5NO3S. The van der Waals surface area contributed by atoms with Crippen LogP contribution in [0.1, 0.15) is 5.56 Å². The summed E-state index contributed by atoms with van der Waals surface area (Å²) in [7, 11) is 0. The average molecular weight is 183 g/mol. The molecule has 12 heavy (non-hydrogen) atoms. The van der Waals surface area contributed by atoms with Gasteiger partial charge in [0.05, 0.1) is 11.6 Å². The van der Waals surface area contributed by atoms with Crippen molar-refractivity contribution >= 4 is 11.4 Å². The van der Waals surface area contributed by atoms with E-state index < -0.39 is 11.4 Å². The predicted octanol–water partition coefficient (Wildman–Crippen LogP) is 1.07. The minimum absolute atomic E-state index is 0.204. The lowest BCUT2D eigenvalue weighted by Gasteiger charge is -1.98. The molecular weight excluding hydrogens is 178 g/mol. The van der Waals surface area contributed by atoms with Crippen molar-refractivity contribution < 1.29 is 12.9 Å². The lowest BCUT2D eigenvalue weighted by atomic mass is 10.2. The van der Waals surface area contributed by atoms with Crippen LogP contribution in [0.5, 0.6) is 5.75 Å². The van der Waals surface area contributed by atoms with Gasteiger partial charge in [0, 0.05) is 0 Å². The number of hydrogen-bond donors (Lipinski definition) is 1. The second-order valence-electron chi connectivity index (χ2n) is 1.94. The molecule has 0 aliphatic carbocycles. The molecule has 1 atom stereocenters. The molecule has 1 aromatic carbocycles. The summed E-state index contributed by atoms with van der Waals surface area (Å²) in [6.45, 7) is 0. The van der Waals surface area contributed by atoms with Crippen LogP contribution in [0.3, 0.4) is 0 Å². The third kappa shape index (κ3) is 2.34. The highest BCUT2D eigenvalue weighted by Gasteiger charge is 1.98. The molecule has 0 spiro atoms. The van der Waals surface area contributed by atoms with Gasteiger partial charge in [-0.25, -0.2) is 0 Å². The molecule has 62 valence electrons. The summed E-state index contributed by atoms with van der Waals surface area (Å²) in [4.78, 5) is 0. The Morgan fingerprint density at radius 2 is 2.33 bits per heavy atom. The first kappa shape index (κ1) is 8.71. The molecule has 1 rings (SSSR count). The second-order valence-corrected chi connectivity index (χ2v) is 2.54. The van der Waals surface area contributed by atoms with Gasteiger partial charge in [-0.05, 0) is 18.2 Å². The summed E-state index contributed by atoms with van der Waals surface area (Å²) in [6.07, 6.45) is 0. The molecule has 4 nitrogen and oxygen atoms in total. The van der Waals surface area contributed by atoms with Crippen LogP contribution < -0.4 is 4.18 Å². The fourth-order valence-electron chi connectivity index (χ4n) is 0.700. The molecule has 0 fully saturated rings. The first-order valence-corrected chi connectivity index (χ1v) is 4.05. The van der Waals surface area contributed by atoms with Crippen LogP contribution in [-0.2, 0) is 11.4 Å². The standard InChI is InChI=1S/C7H5NO3S/c8-5-6-2-1-3-7(4-6)11-12(9)10/h1-4H,(H,9,10). The summed E-state index contributed by atoms with van der Waals surface area (Å²) in [6, 6.07) is 7.90. The van der Waals surface area contributed by atoms with Gasteiger partial charge in [0.2, 0.25) is 0 Å². The molecule has 1 aromatic rings.